The second kappa shape index (κ2) is 10.2. The summed E-state index contributed by atoms with van der Waals surface area (Å²) in [5, 5.41) is 3.10. The fraction of sp³-hybridized carbons (Fsp3) is 0.391. The van der Waals surface area contributed by atoms with Crippen molar-refractivity contribution in [3.8, 4) is 0 Å². The highest BCUT2D eigenvalue weighted by Crippen LogP contribution is 2.18. The van der Waals surface area contributed by atoms with E-state index in [2.05, 4.69) is 70.7 Å². The highest BCUT2D eigenvalue weighted by Gasteiger charge is 2.30. The molecule has 0 aliphatic carbocycles. The Hall–Kier alpha value is -2.50. The zero-order chi connectivity index (χ0) is 19.8. The van der Waals surface area contributed by atoms with E-state index in [0.29, 0.717) is 26.2 Å². The molecule has 1 heterocycles. The van der Waals surface area contributed by atoms with E-state index >= 15 is 0 Å². The Labute approximate surface area is 167 Å². The summed E-state index contributed by atoms with van der Waals surface area (Å²) in [6.45, 7) is 6.15. The first-order valence-electron chi connectivity index (χ1n) is 9.98. The lowest BCUT2D eigenvalue weighted by atomic mass is 9.93. The van der Waals surface area contributed by atoms with E-state index < -0.39 is 0 Å². The van der Waals surface area contributed by atoms with Gasteiger partial charge in [-0.1, -0.05) is 60.2 Å². The van der Waals surface area contributed by atoms with Gasteiger partial charge in [-0.15, -0.1) is 0 Å². The third kappa shape index (κ3) is 5.75. The predicted octanol–water partition coefficient (Wildman–Crippen LogP) is 2.53. The minimum atomic E-state index is -0.213. The van der Waals surface area contributed by atoms with Gasteiger partial charge >= 0.3 is 0 Å². The highest BCUT2D eigenvalue weighted by atomic mass is 16.1. The largest absolute Gasteiger partial charge is 0.351 e. The number of likely N-dealkylation sites (tertiary alicyclic amines) is 1. The number of carbonyl (C=O) groups is 1. The lowest BCUT2D eigenvalue weighted by molar-refractivity contribution is -0.124. The van der Waals surface area contributed by atoms with Crippen molar-refractivity contribution in [1.29, 1.82) is 0 Å². The Morgan fingerprint density at radius 2 is 1.89 bits per heavy atom. The van der Waals surface area contributed by atoms with E-state index in [1.54, 1.807) is 0 Å². The molecule has 2 aromatic rings. The molecule has 0 saturated carbocycles. The number of nitrogens with two attached hydrogens (primary N) is 1. The van der Waals surface area contributed by atoms with Gasteiger partial charge in [-0.2, -0.15) is 0 Å². The average molecular weight is 379 g/mol. The van der Waals surface area contributed by atoms with Gasteiger partial charge in [0.1, 0.15) is 0 Å². The molecule has 1 atom stereocenters. The van der Waals surface area contributed by atoms with E-state index in [-0.39, 0.29) is 11.8 Å². The van der Waals surface area contributed by atoms with E-state index in [9.17, 15) is 4.79 Å². The van der Waals surface area contributed by atoms with Gasteiger partial charge < -0.3 is 11.1 Å². The molecular weight excluding hydrogens is 348 g/mol. The third-order valence-electron chi connectivity index (χ3n) is 5.12. The maximum absolute atomic E-state index is 13.0. The van der Waals surface area contributed by atoms with Crippen LogP contribution in [0.25, 0.3) is 0 Å². The minimum Gasteiger partial charge on any atom is -0.351 e. The number of aryl methyl sites for hydroxylation is 1. The molecule has 1 saturated heterocycles. The number of nitrogens with one attached hydrogen (secondary N) is 1. The molecule has 0 spiro atoms. The van der Waals surface area contributed by atoms with Crippen LogP contribution in [0.2, 0.25) is 0 Å². The Morgan fingerprint density at radius 1 is 1.14 bits per heavy atom. The van der Waals surface area contributed by atoms with E-state index in [1.165, 1.54) is 11.1 Å². The molecule has 5 nitrogen and oxygen atoms in total. The number of benzene rings is 2. The van der Waals surface area contributed by atoms with Crippen LogP contribution in [0, 0.1) is 12.8 Å². The molecule has 1 unspecified atom stereocenters. The first kappa shape index (κ1) is 20.2. The first-order chi connectivity index (χ1) is 13.7. The van der Waals surface area contributed by atoms with Crippen molar-refractivity contribution in [1.82, 2.24) is 10.2 Å². The predicted molar refractivity (Wildman–Crippen MR) is 114 cm³/mol. The molecule has 0 radical (unpaired) electrons. The quantitative estimate of drug-likeness (QED) is 0.778. The summed E-state index contributed by atoms with van der Waals surface area (Å²) in [5.41, 5.74) is 10.2. The lowest BCUT2D eigenvalue weighted by Gasteiger charge is -2.33. The summed E-state index contributed by atoms with van der Waals surface area (Å²) in [5.74, 6) is -0.163. The number of nitrogens with zero attached hydrogens (tertiary/aromatic N) is 2. The SMILES string of the molecule is Cc1ccc(CNC(=O)C2CN(Cc3ccccc3)CCC2=NCCN)cc1. The van der Waals surface area contributed by atoms with Crippen LogP contribution in [0.1, 0.15) is 23.1 Å². The molecule has 3 rings (SSSR count). The molecule has 2 aromatic carbocycles. The van der Waals surface area contributed by atoms with E-state index in [0.717, 1.165) is 30.8 Å². The van der Waals surface area contributed by atoms with Gasteiger partial charge in [0.05, 0.1) is 12.5 Å². The van der Waals surface area contributed by atoms with Crippen LogP contribution in [0.4, 0.5) is 0 Å². The van der Waals surface area contributed by atoms with Crippen LogP contribution in [0.5, 0.6) is 0 Å². The first-order valence-corrected chi connectivity index (χ1v) is 9.98. The molecule has 3 N–H and O–H groups in total. The van der Waals surface area contributed by atoms with Crippen molar-refractivity contribution in [2.75, 3.05) is 26.2 Å². The van der Waals surface area contributed by atoms with Gasteiger partial charge in [-0.05, 0) is 24.5 Å². The molecule has 1 fully saturated rings. The number of rotatable bonds is 7. The third-order valence-corrected chi connectivity index (χ3v) is 5.12. The fourth-order valence-corrected chi connectivity index (χ4v) is 3.54. The summed E-state index contributed by atoms with van der Waals surface area (Å²) in [6, 6.07) is 18.6. The van der Waals surface area contributed by atoms with Crippen LogP contribution in [-0.2, 0) is 17.9 Å². The van der Waals surface area contributed by atoms with Gasteiger partial charge in [-0.3, -0.25) is 14.7 Å². The second-order valence-electron chi connectivity index (χ2n) is 7.39. The average Bonchev–Trinajstić information content (AvgIpc) is 2.73. The summed E-state index contributed by atoms with van der Waals surface area (Å²) >= 11 is 0. The van der Waals surface area contributed by atoms with Crippen LogP contribution in [0.15, 0.2) is 59.6 Å². The van der Waals surface area contributed by atoms with Gasteiger partial charge in [0.2, 0.25) is 5.91 Å². The Kier molecular flexibility index (Phi) is 7.34. The van der Waals surface area contributed by atoms with Crippen molar-refractivity contribution in [3.63, 3.8) is 0 Å². The van der Waals surface area contributed by atoms with Crippen LogP contribution in [-0.4, -0.2) is 42.7 Å². The standard InChI is InChI=1S/C23H30N4O/c1-18-7-9-19(10-8-18)15-26-23(28)21-17-27(14-11-22(21)25-13-12-24)16-20-5-3-2-4-6-20/h2-10,21H,11-17,24H2,1H3,(H,26,28). The Bertz CT molecular complexity index is 786. The van der Waals surface area contributed by atoms with Gasteiger partial charge in [0, 0.05) is 38.4 Å². The molecule has 0 aromatic heterocycles. The number of carbonyl (C=O) groups excluding carboxylic acids is 1. The van der Waals surface area contributed by atoms with Crippen molar-refractivity contribution < 1.29 is 4.79 Å². The maximum Gasteiger partial charge on any atom is 0.230 e. The summed E-state index contributed by atoms with van der Waals surface area (Å²) < 4.78 is 0. The van der Waals surface area contributed by atoms with Crippen LogP contribution < -0.4 is 11.1 Å². The molecule has 1 aliphatic rings. The van der Waals surface area contributed by atoms with Crippen LogP contribution >= 0.6 is 0 Å². The van der Waals surface area contributed by atoms with Crippen molar-refractivity contribution >= 4 is 11.6 Å². The number of hydrogen-bond acceptors (Lipinski definition) is 4. The number of aliphatic imine (C=N–C) groups is 1. The monoisotopic (exact) mass is 378 g/mol. The maximum atomic E-state index is 13.0. The van der Waals surface area contributed by atoms with Crippen molar-refractivity contribution in [3.05, 3.63) is 71.3 Å². The summed E-state index contributed by atoms with van der Waals surface area (Å²) in [4.78, 5) is 19.9. The highest BCUT2D eigenvalue weighted by molar-refractivity contribution is 6.05. The Morgan fingerprint density at radius 3 is 2.61 bits per heavy atom. The molecule has 28 heavy (non-hydrogen) atoms. The summed E-state index contributed by atoms with van der Waals surface area (Å²) in [7, 11) is 0. The molecule has 5 heteroatoms. The van der Waals surface area contributed by atoms with E-state index in [1.807, 2.05) is 6.07 Å². The van der Waals surface area contributed by atoms with E-state index in [4.69, 9.17) is 5.73 Å². The lowest BCUT2D eigenvalue weighted by Crippen LogP contribution is -2.47. The van der Waals surface area contributed by atoms with Crippen molar-refractivity contribution in [2.24, 2.45) is 16.6 Å². The molecule has 1 aliphatic heterocycles. The Balaban J connectivity index is 1.65. The minimum absolute atomic E-state index is 0.0501. The molecular formula is C23H30N4O. The van der Waals surface area contributed by atoms with Crippen LogP contribution in [0.3, 0.4) is 0 Å². The smallest absolute Gasteiger partial charge is 0.230 e. The second-order valence-corrected chi connectivity index (χ2v) is 7.39. The number of hydrogen-bond donors (Lipinski definition) is 2. The topological polar surface area (TPSA) is 70.7 Å². The number of piperidine rings is 1. The van der Waals surface area contributed by atoms with Gasteiger partial charge in [0.25, 0.3) is 0 Å². The normalized spacial score (nSPS) is 18.9. The van der Waals surface area contributed by atoms with Gasteiger partial charge in [-0.25, -0.2) is 0 Å². The molecule has 0 bridgehead atoms. The van der Waals surface area contributed by atoms with Gasteiger partial charge in [0.15, 0.2) is 0 Å². The molecule has 1 amide bonds. The fourth-order valence-electron chi connectivity index (χ4n) is 3.54. The summed E-state index contributed by atoms with van der Waals surface area (Å²) in [6.07, 6.45) is 0.815. The molecule has 148 valence electrons. The van der Waals surface area contributed by atoms with Crippen molar-refractivity contribution in [2.45, 2.75) is 26.4 Å². The zero-order valence-corrected chi connectivity index (χ0v) is 16.6. The number of amides is 1. The zero-order valence-electron chi connectivity index (χ0n) is 16.6.